The predicted molar refractivity (Wildman–Crippen MR) is 90.4 cm³/mol. The van der Waals surface area contributed by atoms with Gasteiger partial charge >= 0.3 is 6.03 Å². The van der Waals surface area contributed by atoms with E-state index in [2.05, 4.69) is 22.3 Å². The second-order valence-electron chi connectivity index (χ2n) is 7.00. The molecule has 0 aromatic heterocycles. The number of nitrogens with one attached hydrogen (secondary N) is 1. The van der Waals surface area contributed by atoms with Crippen LogP contribution in [0.15, 0.2) is 0 Å². The maximum absolute atomic E-state index is 12.4. The largest absolute Gasteiger partial charge is 0.345 e. The summed E-state index contributed by atoms with van der Waals surface area (Å²) in [6.07, 6.45) is 2.54. The van der Waals surface area contributed by atoms with E-state index in [0.29, 0.717) is 19.6 Å². The first-order chi connectivity index (χ1) is 12.1. The number of hydroxylamine groups is 3. The van der Waals surface area contributed by atoms with Crippen molar-refractivity contribution < 1.29 is 19.3 Å². The van der Waals surface area contributed by atoms with Gasteiger partial charge in [-0.2, -0.15) is 5.06 Å². The summed E-state index contributed by atoms with van der Waals surface area (Å²) in [6.45, 7) is 6.03. The molecule has 0 aromatic rings. The first-order valence-corrected chi connectivity index (χ1v) is 9.06. The zero-order valence-corrected chi connectivity index (χ0v) is 15.1. The first-order valence-electron chi connectivity index (χ1n) is 9.06. The molecular formula is C16H29N5O4. The Labute approximate surface area is 148 Å². The number of carbonyl (C=O) groups excluding carboxylic acids is 2. The van der Waals surface area contributed by atoms with E-state index in [1.165, 1.54) is 12.2 Å². The Morgan fingerprint density at radius 3 is 2.88 bits per heavy atom. The Bertz CT molecular complexity index is 491. The van der Waals surface area contributed by atoms with Gasteiger partial charge in [-0.3, -0.25) is 19.4 Å². The number of nitrogens with zero attached hydrogens (tertiary/aromatic N) is 4. The molecule has 0 aliphatic carbocycles. The summed E-state index contributed by atoms with van der Waals surface area (Å²) in [5.41, 5.74) is 2.52. The zero-order valence-electron chi connectivity index (χ0n) is 15.1. The van der Waals surface area contributed by atoms with Crippen molar-refractivity contribution in [2.45, 2.75) is 31.3 Å². The van der Waals surface area contributed by atoms with E-state index in [4.69, 9.17) is 9.68 Å². The van der Waals surface area contributed by atoms with Crippen LogP contribution in [0.25, 0.3) is 0 Å². The summed E-state index contributed by atoms with van der Waals surface area (Å²) < 4.78 is 0. The molecule has 2 atom stereocenters. The van der Waals surface area contributed by atoms with Gasteiger partial charge in [-0.15, -0.1) is 0 Å². The summed E-state index contributed by atoms with van der Waals surface area (Å²) >= 11 is 0. The van der Waals surface area contributed by atoms with Crippen molar-refractivity contribution in [3.05, 3.63) is 0 Å². The predicted octanol–water partition coefficient (Wildman–Crippen LogP) is -0.498. The fourth-order valence-electron chi connectivity index (χ4n) is 3.83. The van der Waals surface area contributed by atoms with Crippen LogP contribution in [0.3, 0.4) is 0 Å². The Kier molecular flexibility index (Phi) is 6.10. The van der Waals surface area contributed by atoms with Gasteiger partial charge in [0, 0.05) is 26.2 Å². The molecule has 3 amide bonds. The summed E-state index contributed by atoms with van der Waals surface area (Å²) in [5.74, 6) is -0.250. The van der Waals surface area contributed by atoms with Gasteiger partial charge in [0.05, 0.1) is 19.8 Å². The lowest BCUT2D eigenvalue weighted by molar-refractivity contribution is -0.139. The fraction of sp³-hybridized carbons (Fsp3) is 0.875. The van der Waals surface area contributed by atoms with Gasteiger partial charge in [0.2, 0.25) is 0 Å². The van der Waals surface area contributed by atoms with Crippen LogP contribution >= 0.6 is 0 Å². The second-order valence-corrected chi connectivity index (χ2v) is 7.00. The average Bonchev–Trinajstić information content (AvgIpc) is 2.75. The van der Waals surface area contributed by atoms with Crippen molar-refractivity contribution in [2.24, 2.45) is 0 Å². The number of hydrogen-bond donors (Lipinski definition) is 1. The number of rotatable bonds is 6. The van der Waals surface area contributed by atoms with Crippen molar-refractivity contribution in [1.29, 1.82) is 0 Å². The summed E-state index contributed by atoms with van der Waals surface area (Å²) in [5, 5.41) is 1.37. The maximum Gasteiger partial charge on any atom is 0.345 e. The number of carbonyl (C=O) groups is 2. The molecule has 9 nitrogen and oxygen atoms in total. The summed E-state index contributed by atoms with van der Waals surface area (Å²) in [4.78, 5) is 41.3. The van der Waals surface area contributed by atoms with E-state index in [-0.39, 0.29) is 18.0 Å². The Hall–Kier alpha value is -1.42. The first kappa shape index (κ1) is 18.4. The van der Waals surface area contributed by atoms with E-state index in [1.54, 1.807) is 4.90 Å². The molecule has 142 valence electrons. The lowest BCUT2D eigenvalue weighted by atomic mass is 10.0. The van der Waals surface area contributed by atoms with Crippen LogP contribution in [0.2, 0.25) is 0 Å². The molecule has 9 heteroatoms. The van der Waals surface area contributed by atoms with E-state index >= 15 is 0 Å². The van der Waals surface area contributed by atoms with Crippen LogP contribution in [-0.2, 0) is 14.5 Å². The lowest BCUT2D eigenvalue weighted by Gasteiger charge is -2.29. The van der Waals surface area contributed by atoms with Gasteiger partial charge in [-0.25, -0.2) is 10.3 Å². The standard InChI is InChI=1S/C16H29N5O4/c1-18-6-3-7-19(9-8-18)10-11-25-17-15(22)14-5-4-13-12-20(14)16(23)21(13)24-2/h13-14H,3-12H2,1-2H3,(H,17,22)/t13-,14+/m1/s1. The van der Waals surface area contributed by atoms with Crippen LogP contribution in [0.1, 0.15) is 19.3 Å². The number of piperidine rings is 1. The molecule has 0 saturated carbocycles. The van der Waals surface area contributed by atoms with Gasteiger partial charge in [0.1, 0.15) is 6.04 Å². The summed E-state index contributed by atoms with van der Waals surface area (Å²) in [7, 11) is 3.62. The number of urea groups is 1. The Morgan fingerprint density at radius 2 is 2.08 bits per heavy atom. The molecule has 0 radical (unpaired) electrons. The van der Waals surface area contributed by atoms with Crippen molar-refractivity contribution in [2.75, 3.05) is 60.0 Å². The molecule has 3 saturated heterocycles. The molecule has 1 N–H and O–H groups in total. The van der Waals surface area contributed by atoms with Crippen LogP contribution in [0.5, 0.6) is 0 Å². The highest BCUT2D eigenvalue weighted by Gasteiger charge is 2.47. The molecule has 3 aliphatic heterocycles. The van der Waals surface area contributed by atoms with Crippen molar-refractivity contribution in [1.82, 2.24) is 25.2 Å². The second kappa shape index (κ2) is 8.31. The number of hydrogen-bond acceptors (Lipinski definition) is 6. The number of likely N-dealkylation sites (N-methyl/N-ethyl adjacent to an activating group) is 1. The van der Waals surface area contributed by atoms with Gasteiger partial charge in [-0.05, 0) is 39.4 Å². The summed E-state index contributed by atoms with van der Waals surface area (Å²) in [6, 6.07) is -0.668. The third-order valence-electron chi connectivity index (χ3n) is 5.32. The molecule has 3 rings (SSSR count). The Morgan fingerprint density at radius 1 is 1.24 bits per heavy atom. The lowest BCUT2D eigenvalue weighted by Crippen LogP contribution is -2.50. The van der Waals surface area contributed by atoms with Crippen LogP contribution < -0.4 is 5.48 Å². The molecule has 0 unspecified atom stereocenters. The molecule has 25 heavy (non-hydrogen) atoms. The van der Waals surface area contributed by atoms with Gasteiger partial charge in [0.15, 0.2) is 0 Å². The minimum absolute atomic E-state index is 0.0450. The fourth-order valence-corrected chi connectivity index (χ4v) is 3.83. The topological polar surface area (TPSA) is 77.6 Å². The van der Waals surface area contributed by atoms with Gasteiger partial charge in [-0.1, -0.05) is 0 Å². The molecule has 3 heterocycles. The van der Waals surface area contributed by atoms with E-state index in [9.17, 15) is 9.59 Å². The van der Waals surface area contributed by atoms with Gasteiger partial charge < -0.3 is 9.80 Å². The number of amides is 3. The Balaban J connectivity index is 1.39. The van der Waals surface area contributed by atoms with E-state index in [1.807, 2.05) is 0 Å². The molecule has 0 spiro atoms. The smallest absolute Gasteiger partial charge is 0.309 e. The highest BCUT2D eigenvalue weighted by atomic mass is 16.7. The monoisotopic (exact) mass is 355 g/mol. The number of fused-ring (bicyclic) bond motifs is 2. The van der Waals surface area contributed by atoms with E-state index < -0.39 is 6.04 Å². The minimum atomic E-state index is -0.476. The minimum Gasteiger partial charge on any atom is -0.309 e. The zero-order chi connectivity index (χ0) is 17.8. The highest BCUT2D eigenvalue weighted by Crippen LogP contribution is 2.29. The normalized spacial score (nSPS) is 28.3. The van der Waals surface area contributed by atoms with Crippen molar-refractivity contribution >= 4 is 11.9 Å². The third kappa shape index (κ3) is 4.22. The van der Waals surface area contributed by atoms with E-state index in [0.717, 1.165) is 45.6 Å². The average molecular weight is 355 g/mol. The van der Waals surface area contributed by atoms with Crippen molar-refractivity contribution in [3.8, 4) is 0 Å². The third-order valence-corrected chi connectivity index (χ3v) is 5.32. The van der Waals surface area contributed by atoms with Crippen LogP contribution in [0, 0.1) is 0 Å². The molecule has 2 bridgehead atoms. The molecule has 3 fully saturated rings. The molecular weight excluding hydrogens is 326 g/mol. The van der Waals surface area contributed by atoms with Gasteiger partial charge in [0.25, 0.3) is 5.91 Å². The SMILES string of the molecule is CON1C(=O)N2C[C@H]1CC[C@H]2C(=O)NOCCN1CCCN(C)CC1. The quantitative estimate of drug-likeness (QED) is 0.511. The van der Waals surface area contributed by atoms with Crippen LogP contribution in [-0.4, -0.2) is 104 Å². The highest BCUT2D eigenvalue weighted by molar-refractivity contribution is 5.87. The van der Waals surface area contributed by atoms with Crippen LogP contribution in [0.4, 0.5) is 4.79 Å². The molecule has 0 aromatic carbocycles. The molecule has 3 aliphatic rings. The maximum atomic E-state index is 12.4. The van der Waals surface area contributed by atoms with Crippen molar-refractivity contribution in [3.63, 3.8) is 0 Å².